The van der Waals surface area contributed by atoms with Crippen LogP contribution in [0, 0.1) is 31.0 Å². The summed E-state index contributed by atoms with van der Waals surface area (Å²) in [4.78, 5) is 5.06. The molecular weight excluding hydrogens is 541 g/mol. The van der Waals surface area contributed by atoms with Crippen LogP contribution in [-0.4, -0.2) is 29.7 Å². The lowest BCUT2D eigenvalue weighted by Gasteiger charge is -2.41. The maximum Gasteiger partial charge on any atom is 0.123 e. The fourth-order valence-electron chi connectivity index (χ4n) is 6.66. The number of nitrogens with zero attached hydrogens (tertiary/aromatic N) is 2. The normalized spacial score (nSPS) is 15.3. The van der Waals surface area contributed by atoms with E-state index in [1.165, 1.54) is 28.5 Å². The summed E-state index contributed by atoms with van der Waals surface area (Å²) < 4.78 is 14.1. The Labute approximate surface area is 263 Å². The number of benzene rings is 4. The Hall–Kier alpha value is -4.02. The number of halogens is 1. The van der Waals surface area contributed by atoms with Gasteiger partial charge >= 0.3 is 0 Å². The molecular formula is C40H46FN3. The molecule has 1 atom stereocenters. The molecule has 0 spiro atoms. The number of aryl methyl sites for hydroxylation is 2. The minimum Gasteiger partial charge on any atom is -0.364 e. The van der Waals surface area contributed by atoms with E-state index in [1.807, 2.05) is 30.3 Å². The molecule has 4 aromatic rings. The molecule has 1 aliphatic rings. The molecule has 0 amide bonds. The highest BCUT2D eigenvalue weighted by atomic mass is 19.1. The van der Waals surface area contributed by atoms with Crippen LogP contribution in [0.15, 0.2) is 97.1 Å². The molecule has 4 heteroatoms. The molecule has 0 aliphatic carbocycles. The van der Waals surface area contributed by atoms with Crippen molar-refractivity contribution in [3.05, 3.63) is 142 Å². The van der Waals surface area contributed by atoms with Gasteiger partial charge in [-0.1, -0.05) is 72.8 Å². The first-order valence-electron chi connectivity index (χ1n) is 16.0. The zero-order chi connectivity index (χ0) is 31.2. The Morgan fingerprint density at radius 3 is 2.25 bits per heavy atom. The molecule has 1 fully saturated rings. The Morgan fingerprint density at radius 2 is 1.57 bits per heavy atom. The zero-order valence-electron chi connectivity index (χ0n) is 26.9. The average Bonchev–Trinajstić information content (AvgIpc) is 3.03. The lowest BCUT2D eigenvalue weighted by molar-refractivity contribution is 0.163. The van der Waals surface area contributed by atoms with Gasteiger partial charge in [0.05, 0.1) is 5.71 Å². The largest absolute Gasteiger partial charge is 0.364 e. The fraction of sp³-hybridized carbons (Fsp3) is 0.325. The highest BCUT2D eigenvalue weighted by Crippen LogP contribution is 2.32. The number of hydrogen-bond donors (Lipinski definition) is 1. The second kappa shape index (κ2) is 14.2. The number of nitrogens with one attached hydrogen (secondary N) is 1. The molecule has 1 aliphatic heterocycles. The van der Waals surface area contributed by atoms with Gasteiger partial charge in [-0.05, 0) is 124 Å². The number of piperidine rings is 1. The fourth-order valence-corrected chi connectivity index (χ4v) is 6.66. The maximum atomic E-state index is 14.1. The van der Waals surface area contributed by atoms with Crippen LogP contribution in [0.1, 0.15) is 72.6 Å². The van der Waals surface area contributed by atoms with E-state index in [1.54, 1.807) is 6.07 Å². The lowest BCUT2D eigenvalue weighted by Crippen LogP contribution is -2.44. The van der Waals surface area contributed by atoms with Crippen molar-refractivity contribution in [3.63, 3.8) is 0 Å². The van der Waals surface area contributed by atoms with E-state index in [2.05, 4.69) is 99.0 Å². The predicted molar refractivity (Wildman–Crippen MR) is 184 cm³/mol. The Morgan fingerprint density at radius 1 is 0.864 bits per heavy atom. The molecule has 0 saturated carbocycles. The Bertz CT molecular complexity index is 1630. The van der Waals surface area contributed by atoms with Gasteiger partial charge in [0.1, 0.15) is 5.82 Å². The van der Waals surface area contributed by atoms with E-state index in [-0.39, 0.29) is 5.82 Å². The number of likely N-dealkylation sites (tertiary alicyclic amines) is 1. The third-order valence-electron chi connectivity index (χ3n) is 9.50. The van der Waals surface area contributed by atoms with Gasteiger partial charge < -0.3 is 4.90 Å². The summed E-state index contributed by atoms with van der Waals surface area (Å²) in [7, 11) is 0. The van der Waals surface area contributed by atoms with Crippen molar-refractivity contribution < 1.29 is 4.39 Å². The second-order valence-corrected chi connectivity index (χ2v) is 12.4. The van der Waals surface area contributed by atoms with Crippen LogP contribution in [0.5, 0.6) is 0 Å². The third kappa shape index (κ3) is 7.19. The molecule has 0 bridgehead atoms. The van der Waals surface area contributed by atoms with Crippen molar-refractivity contribution in [2.45, 2.75) is 66.6 Å². The molecule has 228 valence electrons. The van der Waals surface area contributed by atoms with E-state index in [4.69, 9.17) is 5.41 Å². The summed E-state index contributed by atoms with van der Waals surface area (Å²) in [5, 5.41) is 9.04. The van der Waals surface area contributed by atoms with Gasteiger partial charge in [0.2, 0.25) is 0 Å². The highest BCUT2D eigenvalue weighted by Gasteiger charge is 2.29. The molecule has 4 aromatic carbocycles. The first-order chi connectivity index (χ1) is 21.2. The van der Waals surface area contributed by atoms with Crippen molar-refractivity contribution >= 4 is 17.0 Å². The number of allylic oxidation sites excluding steroid dienone is 2. The maximum absolute atomic E-state index is 14.1. The first kappa shape index (κ1) is 31.4. The van der Waals surface area contributed by atoms with Gasteiger partial charge in [-0.15, -0.1) is 0 Å². The van der Waals surface area contributed by atoms with Crippen LogP contribution < -0.4 is 4.90 Å². The van der Waals surface area contributed by atoms with Crippen molar-refractivity contribution in [2.75, 3.05) is 18.0 Å². The summed E-state index contributed by atoms with van der Waals surface area (Å²) in [5.74, 6) is 0.373. The molecule has 3 nitrogen and oxygen atoms in total. The van der Waals surface area contributed by atoms with Gasteiger partial charge in [0.25, 0.3) is 0 Å². The SMILES string of the molecule is C/C=C(\C)c1cc(CN2CCC(C(C)N(Cc3cccc(F)c3)c3ccccc3C)CC2)ccc1C(=N)c1ccccc1C. The molecule has 44 heavy (non-hydrogen) atoms. The summed E-state index contributed by atoms with van der Waals surface area (Å²) in [6.45, 7) is 14.5. The van der Waals surface area contributed by atoms with Crippen molar-refractivity contribution in [1.29, 1.82) is 5.41 Å². The van der Waals surface area contributed by atoms with E-state index in [9.17, 15) is 4.39 Å². The van der Waals surface area contributed by atoms with Crippen LogP contribution in [0.2, 0.25) is 0 Å². The average molecular weight is 588 g/mol. The highest BCUT2D eigenvalue weighted by molar-refractivity contribution is 6.14. The predicted octanol–water partition coefficient (Wildman–Crippen LogP) is 9.59. The second-order valence-electron chi connectivity index (χ2n) is 12.4. The van der Waals surface area contributed by atoms with E-state index in [0.717, 1.165) is 60.3 Å². The van der Waals surface area contributed by atoms with Crippen molar-refractivity contribution in [3.8, 4) is 0 Å². The van der Waals surface area contributed by atoms with Crippen molar-refractivity contribution in [1.82, 2.24) is 4.90 Å². The van der Waals surface area contributed by atoms with Gasteiger partial charge in [-0.2, -0.15) is 0 Å². The molecule has 1 heterocycles. The Balaban J connectivity index is 1.29. The number of hydrogen-bond acceptors (Lipinski definition) is 3. The van der Waals surface area contributed by atoms with Crippen LogP contribution in [0.3, 0.4) is 0 Å². The van der Waals surface area contributed by atoms with Crippen LogP contribution >= 0.6 is 0 Å². The topological polar surface area (TPSA) is 30.3 Å². The van der Waals surface area contributed by atoms with Gasteiger partial charge in [-0.3, -0.25) is 10.3 Å². The molecule has 1 saturated heterocycles. The lowest BCUT2D eigenvalue weighted by atomic mass is 9.88. The summed E-state index contributed by atoms with van der Waals surface area (Å²) in [5.41, 5.74) is 10.8. The standard InChI is InChI=1S/C40H46FN3/c1-6-28(2)38-25-33(18-19-37(38)40(42)36-16-9-7-12-29(36)3)26-43-22-20-34(21-23-43)31(5)44(39-17-10-8-13-30(39)4)27-32-14-11-15-35(41)24-32/h6-19,24-25,31,34,42H,20-23,26-27H2,1-5H3/b28-6+,42-40?. The number of anilines is 1. The summed E-state index contributed by atoms with van der Waals surface area (Å²) in [6.07, 6.45) is 4.40. The molecule has 1 N–H and O–H groups in total. The molecule has 0 radical (unpaired) electrons. The minimum absolute atomic E-state index is 0.180. The van der Waals surface area contributed by atoms with E-state index in [0.29, 0.717) is 24.2 Å². The van der Waals surface area contributed by atoms with E-state index >= 15 is 0 Å². The third-order valence-corrected chi connectivity index (χ3v) is 9.50. The monoisotopic (exact) mass is 587 g/mol. The molecule has 5 rings (SSSR count). The molecule has 0 aromatic heterocycles. The minimum atomic E-state index is -0.180. The van der Waals surface area contributed by atoms with Gasteiger partial charge in [-0.25, -0.2) is 4.39 Å². The van der Waals surface area contributed by atoms with Crippen LogP contribution in [0.25, 0.3) is 5.57 Å². The number of rotatable bonds is 10. The quantitative estimate of drug-likeness (QED) is 0.187. The number of para-hydroxylation sites is 1. The Kier molecular flexibility index (Phi) is 10.1. The van der Waals surface area contributed by atoms with Gasteiger partial charge in [0.15, 0.2) is 0 Å². The van der Waals surface area contributed by atoms with Crippen LogP contribution in [-0.2, 0) is 13.1 Å². The summed E-state index contributed by atoms with van der Waals surface area (Å²) >= 11 is 0. The van der Waals surface area contributed by atoms with Crippen LogP contribution in [0.4, 0.5) is 10.1 Å². The first-order valence-corrected chi connectivity index (χ1v) is 16.0. The molecule has 1 unspecified atom stereocenters. The van der Waals surface area contributed by atoms with Crippen molar-refractivity contribution in [2.24, 2.45) is 5.92 Å². The smallest absolute Gasteiger partial charge is 0.123 e. The van der Waals surface area contributed by atoms with E-state index < -0.39 is 0 Å². The zero-order valence-corrected chi connectivity index (χ0v) is 26.9. The summed E-state index contributed by atoms with van der Waals surface area (Å²) in [6, 6.07) is 30.7. The van der Waals surface area contributed by atoms with Gasteiger partial charge in [0, 0.05) is 35.9 Å².